The molecule has 0 aliphatic rings. The van der Waals surface area contributed by atoms with Gasteiger partial charge in [-0.2, -0.15) is 0 Å². The molecule has 4 nitrogen and oxygen atoms in total. The standard InChI is InChI=1S/C23H20O4S/c1-28(25,26)22-14-10-20(11-15-22)23(24)16-9-18-7-12-21(13-8-18)27-17-19-5-3-2-4-6-19/h2-16H,17H2,1H3/b16-9+. The first-order chi connectivity index (χ1) is 13.4. The summed E-state index contributed by atoms with van der Waals surface area (Å²) in [6.07, 6.45) is 4.32. The molecule has 0 spiro atoms. The molecule has 0 amide bonds. The second-order valence-corrected chi connectivity index (χ2v) is 8.35. The minimum atomic E-state index is -3.27. The maximum atomic E-state index is 12.2. The molecule has 0 atom stereocenters. The van der Waals surface area contributed by atoms with Crippen LogP contribution in [-0.4, -0.2) is 20.5 Å². The van der Waals surface area contributed by atoms with E-state index in [1.165, 1.54) is 30.3 Å². The van der Waals surface area contributed by atoms with Gasteiger partial charge < -0.3 is 4.74 Å². The lowest BCUT2D eigenvalue weighted by molar-refractivity contribution is 0.104. The van der Waals surface area contributed by atoms with Gasteiger partial charge in [0.05, 0.1) is 4.90 Å². The number of benzene rings is 3. The van der Waals surface area contributed by atoms with Crippen LogP contribution < -0.4 is 4.74 Å². The summed E-state index contributed by atoms with van der Waals surface area (Å²) in [6, 6.07) is 23.3. The first-order valence-corrected chi connectivity index (χ1v) is 10.6. The predicted molar refractivity (Wildman–Crippen MR) is 110 cm³/mol. The molecule has 5 heteroatoms. The summed E-state index contributed by atoms with van der Waals surface area (Å²) in [5.74, 6) is 0.563. The SMILES string of the molecule is CS(=O)(=O)c1ccc(C(=O)/C=C/c2ccc(OCc3ccccc3)cc2)cc1. The molecule has 0 aliphatic heterocycles. The van der Waals surface area contributed by atoms with Crippen molar-refractivity contribution in [2.24, 2.45) is 0 Å². The zero-order chi connectivity index (χ0) is 20.0. The summed E-state index contributed by atoms with van der Waals surface area (Å²) in [4.78, 5) is 12.4. The van der Waals surface area contributed by atoms with E-state index in [9.17, 15) is 13.2 Å². The molecule has 0 saturated carbocycles. The van der Waals surface area contributed by atoms with E-state index in [4.69, 9.17) is 4.74 Å². The van der Waals surface area contributed by atoms with Crippen molar-refractivity contribution < 1.29 is 17.9 Å². The average Bonchev–Trinajstić information content (AvgIpc) is 2.71. The number of rotatable bonds is 7. The summed E-state index contributed by atoms with van der Waals surface area (Å²) in [5.41, 5.74) is 2.40. The van der Waals surface area contributed by atoms with Gasteiger partial charge in [0.1, 0.15) is 12.4 Å². The van der Waals surface area contributed by atoms with E-state index in [0.29, 0.717) is 12.2 Å². The Hall–Kier alpha value is -3.18. The highest BCUT2D eigenvalue weighted by atomic mass is 32.2. The van der Waals surface area contributed by atoms with E-state index in [0.717, 1.165) is 23.1 Å². The van der Waals surface area contributed by atoms with Gasteiger partial charge in [0.2, 0.25) is 0 Å². The van der Waals surface area contributed by atoms with Gasteiger partial charge in [-0.1, -0.05) is 48.5 Å². The molecule has 0 fully saturated rings. The highest BCUT2D eigenvalue weighted by Crippen LogP contribution is 2.16. The third-order valence-electron chi connectivity index (χ3n) is 4.12. The fourth-order valence-corrected chi connectivity index (χ4v) is 3.18. The normalized spacial score (nSPS) is 11.5. The van der Waals surface area contributed by atoms with Gasteiger partial charge in [-0.05, 0) is 53.6 Å². The van der Waals surface area contributed by atoms with Crippen LogP contribution in [0.25, 0.3) is 6.08 Å². The van der Waals surface area contributed by atoms with Crippen molar-refractivity contribution >= 4 is 21.7 Å². The fraction of sp³-hybridized carbons (Fsp3) is 0.0870. The molecule has 0 bridgehead atoms. The van der Waals surface area contributed by atoms with Crippen molar-refractivity contribution in [1.29, 1.82) is 0 Å². The van der Waals surface area contributed by atoms with Crippen molar-refractivity contribution in [1.82, 2.24) is 0 Å². The highest BCUT2D eigenvalue weighted by molar-refractivity contribution is 7.90. The van der Waals surface area contributed by atoms with Crippen molar-refractivity contribution in [3.63, 3.8) is 0 Å². The zero-order valence-corrected chi connectivity index (χ0v) is 16.2. The lowest BCUT2D eigenvalue weighted by atomic mass is 10.1. The summed E-state index contributed by atoms with van der Waals surface area (Å²) in [6.45, 7) is 0.498. The summed E-state index contributed by atoms with van der Waals surface area (Å²) in [7, 11) is -3.27. The molecule has 3 rings (SSSR count). The van der Waals surface area contributed by atoms with Crippen molar-refractivity contribution in [3.05, 3.63) is 102 Å². The second kappa shape index (κ2) is 8.67. The molecule has 0 radical (unpaired) electrons. The number of carbonyl (C=O) groups is 1. The van der Waals surface area contributed by atoms with E-state index in [1.807, 2.05) is 54.6 Å². The van der Waals surface area contributed by atoms with Crippen LogP contribution in [0.1, 0.15) is 21.5 Å². The third-order valence-corrected chi connectivity index (χ3v) is 5.25. The zero-order valence-electron chi connectivity index (χ0n) is 15.4. The van der Waals surface area contributed by atoms with Crippen LogP contribution in [0.3, 0.4) is 0 Å². The second-order valence-electron chi connectivity index (χ2n) is 6.34. The van der Waals surface area contributed by atoms with Gasteiger partial charge in [-0.15, -0.1) is 0 Å². The van der Waals surface area contributed by atoms with E-state index >= 15 is 0 Å². The minimum absolute atomic E-state index is 0.190. The van der Waals surface area contributed by atoms with E-state index < -0.39 is 9.84 Å². The first-order valence-electron chi connectivity index (χ1n) is 8.71. The molecule has 28 heavy (non-hydrogen) atoms. The number of sulfone groups is 1. The number of ketones is 1. The van der Waals surface area contributed by atoms with Crippen LogP contribution >= 0.6 is 0 Å². The van der Waals surface area contributed by atoms with Gasteiger partial charge in [0, 0.05) is 11.8 Å². The lowest BCUT2D eigenvalue weighted by Crippen LogP contribution is -1.99. The lowest BCUT2D eigenvalue weighted by Gasteiger charge is -2.06. The third kappa shape index (κ3) is 5.41. The Kier molecular flexibility index (Phi) is 6.06. The molecular formula is C23H20O4S. The molecule has 0 saturated heterocycles. The van der Waals surface area contributed by atoms with Gasteiger partial charge in [0.15, 0.2) is 15.6 Å². The van der Waals surface area contributed by atoms with Crippen molar-refractivity contribution in [2.75, 3.05) is 6.26 Å². The Morgan fingerprint density at radius 1 is 0.893 bits per heavy atom. The van der Waals surface area contributed by atoms with E-state index in [-0.39, 0.29) is 10.7 Å². The topological polar surface area (TPSA) is 60.4 Å². The van der Waals surface area contributed by atoms with Crippen molar-refractivity contribution in [3.8, 4) is 5.75 Å². The predicted octanol–water partition coefficient (Wildman–Crippen LogP) is 4.57. The first kappa shape index (κ1) is 19.6. The molecule has 3 aromatic carbocycles. The number of hydrogen-bond donors (Lipinski definition) is 0. The van der Waals surface area contributed by atoms with Gasteiger partial charge in [-0.25, -0.2) is 8.42 Å². The minimum Gasteiger partial charge on any atom is -0.489 e. The Balaban J connectivity index is 1.60. The number of hydrogen-bond acceptors (Lipinski definition) is 4. The van der Waals surface area contributed by atoms with Gasteiger partial charge in [-0.3, -0.25) is 4.79 Å². The molecule has 0 heterocycles. The van der Waals surface area contributed by atoms with Crippen LogP contribution in [0.5, 0.6) is 5.75 Å². The summed E-state index contributed by atoms with van der Waals surface area (Å²) < 4.78 is 28.7. The van der Waals surface area contributed by atoms with Gasteiger partial charge in [0.25, 0.3) is 0 Å². The van der Waals surface area contributed by atoms with Crippen LogP contribution in [0, 0.1) is 0 Å². The molecule has 142 valence electrons. The molecule has 3 aromatic rings. The monoisotopic (exact) mass is 392 g/mol. The Labute approximate surface area is 165 Å². The quantitative estimate of drug-likeness (QED) is 0.437. The fourth-order valence-electron chi connectivity index (χ4n) is 2.55. The number of ether oxygens (including phenoxy) is 1. The van der Waals surface area contributed by atoms with Crippen molar-refractivity contribution in [2.45, 2.75) is 11.5 Å². The van der Waals surface area contributed by atoms with Crippen LogP contribution in [-0.2, 0) is 16.4 Å². The smallest absolute Gasteiger partial charge is 0.185 e. The molecule has 0 N–H and O–H groups in total. The largest absolute Gasteiger partial charge is 0.489 e. The van der Waals surface area contributed by atoms with Crippen LogP contribution in [0.2, 0.25) is 0 Å². The van der Waals surface area contributed by atoms with E-state index in [2.05, 4.69) is 0 Å². The Morgan fingerprint density at radius 2 is 1.54 bits per heavy atom. The maximum absolute atomic E-state index is 12.2. The molecular weight excluding hydrogens is 372 g/mol. The average molecular weight is 392 g/mol. The highest BCUT2D eigenvalue weighted by Gasteiger charge is 2.08. The van der Waals surface area contributed by atoms with Crippen LogP contribution in [0.4, 0.5) is 0 Å². The Bertz CT molecular complexity index is 1070. The van der Waals surface area contributed by atoms with Crippen LogP contribution in [0.15, 0.2) is 89.8 Å². The maximum Gasteiger partial charge on any atom is 0.185 e. The van der Waals surface area contributed by atoms with E-state index in [1.54, 1.807) is 6.08 Å². The summed E-state index contributed by atoms with van der Waals surface area (Å²) in [5, 5.41) is 0. The number of carbonyl (C=O) groups excluding carboxylic acids is 1. The Morgan fingerprint density at radius 3 is 2.14 bits per heavy atom. The number of allylic oxidation sites excluding steroid dienone is 1. The summed E-state index contributed by atoms with van der Waals surface area (Å²) >= 11 is 0. The van der Waals surface area contributed by atoms with Gasteiger partial charge >= 0.3 is 0 Å². The molecule has 0 aromatic heterocycles. The molecule has 0 unspecified atom stereocenters. The molecule has 0 aliphatic carbocycles.